The Morgan fingerprint density at radius 1 is 1.40 bits per heavy atom. The van der Waals surface area contributed by atoms with E-state index in [-0.39, 0.29) is 25.4 Å². The van der Waals surface area contributed by atoms with Gasteiger partial charge < -0.3 is 10.1 Å². The average Bonchev–Trinajstić information content (AvgIpc) is 2.37. The lowest BCUT2D eigenvalue weighted by Crippen LogP contribution is -2.46. The Bertz CT molecular complexity index is 436. The maximum Gasteiger partial charge on any atom is 0.437 e. The summed E-state index contributed by atoms with van der Waals surface area (Å²) >= 11 is 0. The Morgan fingerprint density at radius 2 is 2.15 bits per heavy atom. The molecule has 0 aromatic carbocycles. The molecule has 1 N–H and O–H groups in total. The van der Waals surface area contributed by atoms with Crippen LogP contribution in [0.5, 0.6) is 5.75 Å². The quantitative estimate of drug-likeness (QED) is 0.871. The van der Waals surface area contributed by atoms with Crippen molar-refractivity contribution in [3.05, 3.63) is 24.0 Å². The van der Waals surface area contributed by atoms with Crippen molar-refractivity contribution >= 4 is 12.4 Å². The van der Waals surface area contributed by atoms with Crippen molar-refractivity contribution in [3.63, 3.8) is 0 Å². The number of hydrogen-bond acceptors (Lipinski definition) is 3. The van der Waals surface area contributed by atoms with Crippen LogP contribution in [0.4, 0.5) is 17.6 Å². The van der Waals surface area contributed by atoms with Gasteiger partial charge in [0.2, 0.25) is 0 Å². The molecule has 3 nitrogen and oxygen atoms in total. The van der Waals surface area contributed by atoms with Gasteiger partial charge >= 0.3 is 6.18 Å². The van der Waals surface area contributed by atoms with Crippen LogP contribution in [0.15, 0.2) is 18.3 Å². The molecule has 114 valence electrons. The van der Waals surface area contributed by atoms with Gasteiger partial charge in [-0.05, 0) is 31.5 Å². The van der Waals surface area contributed by atoms with Gasteiger partial charge in [0.05, 0.1) is 0 Å². The second kappa shape index (κ2) is 6.58. The van der Waals surface area contributed by atoms with E-state index < -0.39 is 29.9 Å². The van der Waals surface area contributed by atoms with E-state index in [2.05, 4.69) is 10.3 Å². The zero-order valence-electron chi connectivity index (χ0n) is 10.5. The zero-order valence-corrected chi connectivity index (χ0v) is 11.4. The Kier molecular flexibility index (Phi) is 5.59. The molecule has 1 fully saturated rings. The second-order valence-corrected chi connectivity index (χ2v) is 4.57. The van der Waals surface area contributed by atoms with Crippen molar-refractivity contribution in [2.45, 2.75) is 24.7 Å². The van der Waals surface area contributed by atoms with Crippen LogP contribution in [0.25, 0.3) is 0 Å². The number of pyridine rings is 1. The molecule has 0 radical (unpaired) electrons. The lowest BCUT2D eigenvalue weighted by molar-refractivity contribution is -0.143. The number of aromatic nitrogens is 1. The highest BCUT2D eigenvalue weighted by atomic mass is 35.5. The van der Waals surface area contributed by atoms with Crippen LogP contribution < -0.4 is 10.1 Å². The highest BCUT2D eigenvalue weighted by Gasteiger charge is 2.38. The first-order chi connectivity index (χ1) is 8.91. The van der Waals surface area contributed by atoms with Gasteiger partial charge in [-0.1, -0.05) is 0 Å². The van der Waals surface area contributed by atoms with Crippen molar-refractivity contribution in [1.29, 1.82) is 0 Å². The van der Waals surface area contributed by atoms with E-state index in [4.69, 9.17) is 4.74 Å². The van der Waals surface area contributed by atoms with E-state index in [1.165, 1.54) is 6.07 Å². The molecule has 1 aromatic heterocycles. The predicted octanol–water partition coefficient (Wildman–Crippen LogP) is 2.99. The van der Waals surface area contributed by atoms with Gasteiger partial charge in [0, 0.05) is 12.7 Å². The van der Waals surface area contributed by atoms with Gasteiger partial charge in [-0.3, -0.25) is 0 Å². The van der Waals surface area contributed by atoms with Crippen LogP contribution in [0.3, 0.4) is 0 Å². The molecule has 0 spiro atoms. The van der Waals surface area contributed by atoms with Crippen molar-refractivity contribution < 1.29 is 22.3 Å². The van der Waals surface area contributed by atoms with Gasteiger partial charge in [0.1, 0.15) is 12.4 Å². The Labute approximate surface area is 120 Å². The lowest BCUT2D eigenvalue weighted by Gasteiger charge is -2.30. The van der Waals surface area contributed by atoms with Gasteiger partial charge in [0.15, 0.2) is 11.4 Å². The maximum absolute atomic E-state index is 14.2. The van der Waals surface area contributed by atoms with Crippen LogP contribution in [0, 0.1) is 0 Å². The third-order valence-corrected chi connectivity index (χ3v) is 2.95. The number of rotatable bonds is 3. The summed E-state index contributed by atoms with van der Waals surface area (Å²) in [5.74, 6) is -0.433. The zero-order chi connectivity index (χ0) is 13.9. The molecule has 1 atom stereocenters. The SMILES string of the molecule is Cl.FC1(COc2cccnc2C(F)(F)F)CCCNC1. The molecule has 2 rings (SSSR count). The standard InChI is InChI=1S/C12H14F4N2O.ClH/c13-11(4-2-5-17-7-11)8-19-9-3-1-6-18-10(9)12(14,15)16;/h1,3,6,17H,2,4-5,7-8H2;1H. The lowest BCUT2D eigenvalue weighted by atomic mass is 9.97. The fraction of sp³-hybridized carbons (Fsp3) is 0.583. The molecule has 0 aliphatic carbocycles. The van der Waals surface area contributed by atoms with Crippen molar-refractivity contribution in [1.82, 2.24) is 10.3 Å². The van der Waals surface area contributed by atoms with E-state index in [0.29, 0.717) is 13.0 Å². The highest BCUT2D eigenvalue weighted by molar-refractivity contribution is 5.85. The molecule has 1 aromatic rings. The topological polar surface area (TPSA) is 34.1 Å². The molecule has 0 saturated carbocycles. The monoisotopic (exact) mass is 314 g/mol. The maximum atomic E-state index is 14.2. The van der Waals surface area contributed by atoms with Crippen molar-refractivity contribution in [3.8, 4) is 5.75 Å². The van der Waals surface area contributed by atoms with E-state index in [1.54, 1.807) is 0 Å². The molecule has 0 amide bonds. The fourth-order valence-electron chi connectivity index (χ4n) is 1.98. The number of piperidine rings is 1. The molecule has 0 bridgehead atoms. The number of ether oxygens (including phenoxy) is 1. The normalized spacial score (nSPS) is 23.0. The highest BCUT2D eigenvalue weighted by Crippen LogP contribution is 2.34. The third kappa shape index (κ3) is 4.21. The van der Waals surface area contributed by atoms with E-state index in [9.17, 15) is 17.6 Å². The molecule has 20 heavy (non-hydrogen) atoms. The first kappa shape index (κ1) is 17.0. The van der Waals surface area contributed by atoms with Crippen molar-refractivity contribution in [2.24, 2.45) is 0 Å². The molecule has 1 saturated heterocycles. The summed E-state index contributed by atoms with van der Waals surface area (Å²) < 4.78 is 57.2. The number of nitrogens with one attached hydrogen (secondary N) is 1. The summed E-state index contributed by atoms with van der Waals surface area (Å²) in [6, 6.07) is 2.48. The Balaban J connectivity index is 0.00000200. The largest absolute Gasteiger partial charge is 0.488 e. The van der Waals surface area contributed by atoms with Crippen LogP contribution >= 0.6 is 12.4 Å². The van der Waals surface area contributed by atoms with Crippen molar-refractivity contribution in [2.75, 3.05) is 19.7 Å². The summed E-state index contributed by atoms with van der Waals surface area (Å²) in [6.07, 6.45) is -2.66. The summed E-state index contributed by atoms with van der Waals surface area (Å²) in [6.45, 7) is 0.399. The van der Waals surface area contributed by atoms with Crippen LogP contribution in [-0.2, 0) is 6.18 Å². The average molecular weight is 315 g/mol. The van der Waals surface area contributed by atoms with Gasteiger partial charge in [0.25, 0.3) is 0 Å². The minimum atomic E-state index is -4.61. The number of nitrogens with zero attached hydrogens (tertiary/aromatic N) is 1. The summed E-state index contributed by atoms with van der Waals surface area (Å²) in [5.41, 5.74) is -2.75. The van der Waals surface area contributed by atoms with Gasteiger partial charge in [-0.2, -0.15) is 13.2 Å². The second-order valence-electron chi connectivity index (χ2n) is 4.57. The molecule has 1 unspecified atom stereocenters. The van der Waals surface area contributed by atoms with Gasteiger partial charge in [-0.15, -0.1) is 12.4 Å². The smallest absolute Gasteiger partial charge is 0.437 e. The molecular formula is C12H15ClF4N2O. The van der Waals surface area contributed by atoms with Crippen LogP contribution in [-0.4, -0.2) is 30.3 Å². The first-order valence-corrected chi connectivity index (χ1v) is 5.95. The van der Waals surface area contributed by atoms with E-state index in [0.717, 1.165) is 12.3 Å². The Morgan fingerprint density at radius 3 is 2.75 bits per heavy atom. The van der Waals surface area contributed by atoms with Crippen LogP contribution in [0.1, 0.15) is 18.5 Å². The number of hydrogen-bond donors (Lipinski definition) is 1. The number of alkyl halides is 4. The van der Waals surface area contributed by atoms with E-state index >= 15 is 0 Å². The molecule has 1 aliphatic rings. The summed E-state index contributed by atoms with van der Waals surface area (Å²) in [7, 11) is 0. The molecule has 8 heteroatoms. The van der Waals surface area contributed by atoms with E-state index in [1.807, 2.05) is 0 Å². The Hall–Kier alpha value is -1.08. The molecular weight excluding hydrogens is 300 g/mol. The molecule has 2 heterocycles. The third-order valence-electron chi connectivity index (χ3n) is 2.95. The minimum Gasteiger partial charge on any atom is -0.488 e. The summed E-state index contributed by atoms with van der Waals surface area (Å²) in [4.78, 5) is 3.25. The predicted molar refractivity (Wildman–Crippen MR) is 67.9 cm³/mol. The first-order valence-electron chi connectivity index (χ1n) is 5.95. The fourth-order valence-corrected chi connectivity index (χ4v) is 1.98. The van der Waals surface area contributed by atoms with Crippen LogP contribution in [0.2, 0.25) is 0 Å². The molecule has 1 aliphatic heterocycles. The minimum absolute atomic E-state index is 0. The van der Waals surface area contributed by atoms with Gasteiger partial charge in [-0.25, -0.2) is 9.37 Å². The summed E-state index contributed by atoms with van der Waals surface area (Å²) in [5, 5.41) is 2.86. The number of halogens is 5.